The third kappa shape index (κ3) is 6.19. The van der Waals surface area contributed by atoms with E-state index in [2.05, 4.69) is 45.8 Å². The third-order valence-electron chi connectivity index (χ3n) is 7.11. The quantitative estimate of drug-likeness (QED) is 0.243. The Kier molecular flexibility index (Phi) is 8.50. The van der Waals surface area contributed by atoms with E-state index in [4.69, 9.17) is 13.9 Å². The summed E-state index contributed by atoms with van der Waals surface area (Å²) in [4.78, 5) is 37.1. The van der Waals surface area contributed by atoms with Crippen molar-refractivity contribution in [3.05, 3.63) is 12.7 Å². The number of rotatable bonds is 9. The standard InChI is InChI=1S/C23H39NO6Si/c1-8-13-28-22(27)30-15(2)18-19(24-21(18)26)17-11-9-10-16(20(17)25)12-14-29-31(6,7)23(3,4)5/h8,15-19H,1,9-14H2,2-7H3,(H,24,26)/t15-,16?,17+,18-,19-/m1/s1. The Morgan fingerprint density at radius 2 is 1.97 bits per heavy atom. The molecule has 0 aromatic carbocycles. The van der Waals surface area contributed by atoms with Gasteiger partial charge in [-0.1, -0.05) is 39.8 Å². The summed E-state index contributed by atoms with van der Waals surface area (Å²) in [6, 6.07) is -0.300. The van der Waals surface area contributed by atoms with Crippen LogP contribution in [0.2, 0.25) is 18.1 Å². The van der Waals surface area contributed by atoms with E-state index in [9.17, 15) is 14.4 Å². The zero-order valence-corrected chi connectivity index (χ0v) is 20.9. The second kappa shape index (κ2) is 10.3. The van der Waals surface area contributed by atoms with Crippen molar-refractivity contribution in [2.24, 2.45) is 17.8 Å². The highest BCUT2D eigenvalue weighted by Crippen LogP contribution is 2.39. The lowest BCUT2D eigenvalue weighted by Crippen LogP contribution is -2.67. The molecule has 31 heavy (non-hydrogen) atoms. The number of ether oxygens (including phenoxy) is 2. The first-order chi connectivity index (χ1) is 14.4. The van der Waals surface area contributed by atoms with Crippen LogP contribution in [0.15, 0.2) is 12.7 Å². The molecule has 176 valence electrons. The summed E-state index contributed by atoms with van der Waals surface area (Å²) in [5.74, 6) is -0.820. The van der Waals surface area contributed by atoms with E-state index in [1.807, 2.05) is 0 Å². The highest BCUT2D eigenvalue weighted by Gasteiger charge is 2.51. The first-order valence-electron chi connectivity index (χ1n) is 11.3. The number of hydrogen-bond acceptors (Lipinski definition) is 6. The molecule has 1 amide bonds. The number of Topliss-reactive ketones (excluding diaryl/α,β-unsaturated/α-hetero) is 1. The fourth-order valence-electron chi connectivity index (χ4n) is 4.15. The summed E-state index contributed by atoms with van der Waals surface area (Å²) in [6.45, 7) is 16.8. The molecule has 1 saturated heterocycles. The van der Waals surface area contributed by atoms with Crippen LogP contribution in [0.25, 0.3) is 0 Å². The molecule has 0 aromatic rings. The second-order valence-electron chi connectivity index (χ2n) is 10.3. The minimum atomic E-state index is -1.84. The van der Waals surface area contributed by atoms with Crippen molar-refractivity contribution < 1.29 is 28.3 Å². The van der Waals surface area contributed by atoms with Gasteiger partial charge in [0.2, 0.25) is 5.91 Å². The van der Waals surface area contributed by atoms with Gasteiger partial charge in [-0.05, 0) is 44.3 Å². The van der Waals surface area contributed by atoms with E-state index in [0.29, 0.717) is 13.0 Å². The lowest BCUT2D eigenvalue weighted by molar-refractivity contribution is -0.148. The van der Waals surface area contributed by atoms with Crippen LogP contribution in [0.5, 0.6) is 0 Å². The van der Waals surface area contributed by atoms with E-state index < -0.39 is 26.5 Å². The fraction of sp³-hybridized carbons (Fsp3) is 0.783. The number of hydrogen-bond donors (Lipinski definition) is 1. The Labute approximate surface area is 187 Å². The minimum Gasteiger partial charge on any atom is -0.430 e. The fourth-order valence-corrected chi connectivity index (χ4v) is 5.21. The number of carbonyl (C=O) groups is 3. The molecule has 1 unspecified atom stereocenters. The van der Waals surface area contributed by atoms with E-state index in [0.717, 1.165) is 19.3 Å². The van der Waals surface area contributed by atoms with E-state index in [-0.39, 0.29) is 41.2 Å². The van der Waals surface area contributed by atoms with E-state index in [1.54, 1.807) is 6.92 Å². The second-order valence-corrected chi connectivity index (χ2v) is 15.1. The molecule has 7 nitrogen and oxygen atoms in total. The van der Waals surface area contributed by atoms with Crippen molar-refractivity contribution in [3.8, 4) is 0 Å². The Morgan fingerprint density at radius 3 is 2.55 bits per heavy atom. The summed E-state index contributed by atoms with van der Waals surface area (Å²) in [6.07, 6.45) is 3.21. The summed E-state index contributed by atoms with van der Waals surface area (Å²) in [5.41, 5.74) is 0. The summed E-state index contributed by atoms with van der Waals surface area (Å²) in [7, 11) is -1.84. The van der Waals surface area contributed by atoms with Gasteiger partial charge in [-0.15, -0.1) is 0 Å². The predicted octanol–water partition coefficient (Wildman–Crippen LogP) is 4.23. The van der Waals surface area contributed by atoms with Crippen molar-refractivity contribution in [2.75, 3.05) is 13.2 Å². The molecule has 0 spiro atoms. The van der Waals surface area contributed by atoms with Gasteiger partial charge in [-0.2, -0.15) is 0 Å². The first-order valence-corrected chi connectivity index (χ1v) is 14.2. The van der Waals surface area contributed by atoms with Gasteiger partial charge in [0.05, 0.1) is 12.0 Å². The van der Waals surface area contributed by atoms with Crippen molar-refractivity contribution in [1.29, 1.82) is 0 Å². The maximum Gasteiger partial charge on any atom is 0.508 e. The van der Waals surface area contributed by atoms with E-state index in [1.165, 1.54) is 6.08 Å². The highest BCUT2D eigenvalue weighted by atomic mass is 28.4. The Morgan fingerprint density at radius 1 is 1.29 bits per heavy atom. The molecule has 0 radical (unpaired) electrons. The number of β-lactam (4-membered cyclic amide) rings is 1. The van der Waals surface area contributed by atoms with Crippen molar-refractivity contribution in [2.45, 2.75) is 83.7 Å². The van der Waals surface area contributed by atoms with Crippen molar-refractivity contribution >= 4 is 26.2 Å². The summed E-state index contributed by atoms with van der Waals surface area (Å²) >= 11 is 0. The van der Waals surface area contributed by atoms with Gasteiger partial charge < -0.3 is 19.2 Å². The molecule has 2 fully saturated rings. The zero-order valence-electron chi connectivity index (χ0n) is 19.9. The maximum atomic E-state index is 13.2. The number of ketones is 1. The largest absolute Gasteiger partial charge is 0.508 e. The molecule has 0 aromatic heterocycles. The van der Waals surface area contributed by atoms with Crippen LogP contribution in [0.3, 0.4) is 0 Å². The van der Waals surface area contributed by atoms with E-state index >= 15 is 0 Å². The van der Waals surface area contributed by atoms with Gasteiger partial charge in [-0.25, -0.2) is 4.79 Å². The van der Waals surface area contributed by atoms with Gasteiger partial charge >= 0.3 is 6.16 Å². The van der Waals surface area contributed by atoms with Gasteiger partial charge in [0, 0.05) is 18.4 Å². The maximum absolute atomic E-state index is 13.2. The molecule has 2 rings (SSSR count). The van der Waals surface area contributed by atoms with Gasteiger partial charge in [0.1, 0.15) is 18.5 Å². The average Bonchev–Trinajstić information content (AvgIpc) is 2.65. The average molecular weight is 454 g/mol. The molecule has 1 N–H and O–H groups in total. The Hall–Kier alpha value is -1.67. The number of amides is 1. The zero-order chi connectivity index (χ0) is 23.4. The van der Waals surface area contributed by atoms with Crippen molar-refractivity contribution in [1.82, 2.24) is 5.32 Å². The third-order valence-corrected chi connectivity index (χ3v) is 11.6. The van der Waals surface area contributed by atoms with Crippen LogP contribution in [-0.4, -0.2) is 51.5 Å². The van der Waals surface area contributed by atoms with Gasteiger partial charge in [0.15, 0.2) is 8.32 Å². The lowest BCUT2D eigenvalue weighted by Gasteiger charge is -2.45. The van der Waals surface area contributed by atoms with Gasteiger partial charge in [0.25, 0.3) is 0 Å². The summed E-state index contributed by atoms with van der Waals surface area (Å²) < 4.78 is 16.4. The Balaban J connectivity index is 1.93. The SMILES string of the molecule is C=CCOC(=O)O[C@H](C)[C@H]1C(=O)N[C@@H]1[C@@H]1CCCC(CCO[Si](C)(C)C(C)(C)C)C1=O. The molecular formula is C23H39NO6Si. The topological polar surface area (TPSA) is 90.9 Å². The molecule has 8 heteroatoms. The molecule has 1 aliphatic carbocycles. The predicted molar refractivity (Wildman–Crippen MR) is 121 cm³/mol. The molecule has 0 bridgehead atoms. The molecule has 1 saturated carbocycles. The summed E-state index contributed by atoms with van der Waals surface area (Å²) in [5, 5.41) is 3.02. The normalized spacial score (nSPS) is 27.7. The highest BCUT2D eigenvalue weighted by molar-refractivity contribution is 6.74. The number of nitrogens with one attached hydrogen (secondary N) is 1. The van der Waals surface area contributed by atoms with Crippen LogP contribution in [0.1, 0.15) is 53.4 Å². The number of carbonyl (C=O) groups excluding carboxylic acids is 3. The van der Waals surface area contributed by atoms with Crippen LogP contribution in [-0.2, 0) is 23.5 Å². The molecule has 5 atom stereocenters. The van der Waals surface area contributed by atoms with Crippen LogP contribution < -0.4 is 5.32 Å². The molecule has 1 heterocycles. The molecule has 1 aliphatic heterocycles. The monoisotopic (exact) mass is 453 g/mol. The van der Waals surface area contributed by atoms with Crippen LogP contribution in [0.4, 0.5) is 4.79 Å². The smallest absolute Gasteiger partial charge is 0.430 e. The van der Waals surface area contributed by atoms with Gasteiger partial charge in [-0.3, -0.25) is 9.59 Å². The molecule has 2 aliphatic rings. The Bertz CT molecular complexity index is 686. The first kappa shape index (κ1) is 25.6. The lowest BCUT2D eigenvalue weighted by atomic mass is 9.68. The van der Waals surface area contributed by atoms with Crippen LogP contribution >= 0.6 is 0 Å². The minimum absolute atomic E-state index is 0.0459. The van der Waals surface area contributed by atoms with Crippen LogP contribution in [0, 0.1) is 17.8 Å². The van der Waals surface area contributed by atoms with Crippen molar-refractivity contribution in [3.63, 3.8) is 0 Å². The molecular weight excluding hydrogens is 414 g/mol.